The number of carboxylic acids is 1. The van der Waals surface area contributed by atoms with Crippen LogP contribution in [0, 0.1) is 0 Å². The van der Waals surface area contributed by atoms with Crippen molar-refractivity contribution in [2.45, 2.75) is 13.0 Å². The van der Waals surface area contributed by atoms with Crippen molar-refractivity contribution in [3.05, 3.63) is 28.8 Å². The number of hydrogen-bond donors (Lipinski definition) is 2. The van der Waals surface area contributed by atoms with Crippen molar-refractivity contribution in [3.8, 4) is 5.75 Å². The number of aromatic carboxylic acids is 1. The zero-order valence-corrected chi connectivity index (χ0v) is 10.7. The molecule has 100 valence electrons. The quantitative estimate of drug-likeness (QED) is 0.793. The van der Waals surface area contributed by atoms with Gasteiger partial charge < -0.3 is 19.7 Å². The van der Waals surface area contributed by atoms with Gasteiger partial charge in [-0.3, -0.25) is 0 Å². The standard InChI is InChI=1S/C12H15ClO5/c1-2-17-6-9(14)7-18-11-4-3-8(12(15)16)5-10(11)13/h3-5,9,14H,2,6-7H2,1H3,(H,15,16). The molecule has 0 amide bonds. The first-order valence-electron chi connectivity index (χ1n) is 5.46. The second-order valence-electron chi connectivity index (χ2n) is 3.57. The summed E-state index contributed by atoms with van der Waals surface area (Å²) in [6, 6.07) is 4.14. The number of rotatable bonds is 7. The molecule has 0 radical (unpaired) electrons. The third kappa shape index (κ3) is 4.52. The molecule has 0 spiro atoms. The lowest BCUT2D eigenvalue weighted by atomic mass is 10.2. The summed E-state index contributed by atoms with van der Waals surface area (Å²) in [5, 5.41) is 18.4. The summed E-state index contributed by atoms with van der Waals surface area (Å²) in [6.07, 6.45) is -0.750. The molecular formula is C12H15ClO5. The van der Waals surface area contributed by atoms with Gasteiger partial charge in [-0.25, -0.2) is 4.79 Å². The molecule has 1 aromatic carbocycles. The Bertz CT molecular complexity index is 407. The highest BCUT2D eigenvalue weighted by Crippen LogP contribution is 2.25. The summed E-state index contributed by atoms with van der Waals surface area (Å²) in [7, 11) is 0. The fourth-order valence-corrected chi connectivity index (χ4v) is 1.47. The van der Waals surface area contributed by atoms with E-state index in [2.05, 4.69) is 0 Å². The van der Waals surface area contributed by atoms with Gasteiger partial charge in [0.15, 0.2) is 0 Å². The van der Waals surface area contributed by atoms with Crippen LogP contribution in [-0.4, -0.2) is 42.1 Å². The van der Waals surface area contributed by atoms with Crippen molar-refractivity contribution < 1.29 is 24.5 Å². The van der Waals surface area contributed by atoms with Gasteiger partial charge in [0.05, 0.1) is 17.2 Å². The minimum atomic E-state index is -1.06. The van der Waals surface area contributed by atoms with E-state index in [0.29, 0.717) is 12.4 Å². The van der Waals surface area contributed by atoms with Crippen LogP contribution in [0.25, 0.3) is 0 Å². The topological polar surface area (TPSA) is 76.0 Å². The second kappa shape index (κ2) is 7.20. The SMILES string of the molecule is CCOCC(O)COc1ccc(C(=O)O)cc1Cl. The van der Waals surface area contributed by atoms with Crippen LogP contribution < -0.4 is 4.74 Å². The maximum atomic E-state index is 10.7. The van der Waals surface area contributed by atoms with E-state index in [1.165, 1.54) is 18.2 Å². The first-order valence-corrected chi connectivity index (χ1v) is 5.83. The van der Waals surface area contributed by atoms with E-state index < -0.39 is 12.1 Å². The molecule has 0 aromatic heterocycles. The first kappa shape index (κ1) is 14.8. The van der Waals surface area contributed by atoms with Gasteiger partial charge in [0.2, 0.25) is 0 Å². The van der Waals surface area contributed by atoms with E-state index in [1.54, 1.807) is 0 Å². The number of hydrogen-bond acceptors (Lipinski definition) is 4. The molecule has 0 fully saturated rings. The predicted molar refractivity (Wildman–Crippen MR) is 66.4 cm³/mol. The molecule has 0 bridgehead atoms. The largest absolute Gasteiger partial charge is 0.489 e. The lowest BCUT2D eigenvalue weighted by Gasteiger charge is -2.13. The highest BCUT2D eigenvalue weighted by atomic mass is 35.5. The number of benzene rings is 1. The van der Waals surface area contributed by atoms with Gasteiger partial charge in [-0.2, -0.15) is 0 Å². The molecule has 0 saturated heterocycles. The summed E-state index contributed by atoms with van der Waals surface area (Å²) in [5.74, 6) is -0.725. The number of carbonyl (C=O) groups is 1. The monoisotopic (exact) mass is 274 g/mol. The van der Waals surface area contributed by atoms with Gasteiger partial charge in [-0.05, 0) is 25.1 Å². The molecule has 5 nitrogen and oxygen atoms in total. The number of ether oxygens (including phenoxy) is 2. The smallest absolute Gasteiger partial charge is 0.335 e. The Labute approximate surface area is 110 Å². The fourth-order valence-electron chi connectivity index (χ4n) is 1.24. The Kier molecular flexibility index (Phi) is 5.91. The average molecular weight is 275 g/mol. The third-order valence-electron chi connectivity index (χ3n) is 2.12. The van der Waals surface area contributed by atoms with Gasteiger partial charge in [0, 0.05) is 6.61 Å². The van der Waals surface area contributed by atoms with E-state index in [4.69, 9.17) is 26.2 Å². The molecular weight excluding hydrogens is 260 g/mol. The third-order valence-corrected chi connectivity index (χ3v) is 2.42. The zero-order valence-electron chi connectivity index (χ0n) is 9.93. The maximum absolute atomic E-state index is 10.7. The number of carboxylic acid groups (broad SMARTS) is 1. The van der Waals surface area contributed by atoms with Gasteiger partial charge in [0.1, 0.15) is 18.5 Å². The van der Waals surface area contributed by atoms with Crippen molar-refractivity contribution in [2.24, 2.45) is 0 Å². The van der Waals surface area contributed by atoms with Crippen LogP contribution in [0.3, 0.4) is 0 Å². The highest BCUT2D eigenvalue weighted by Gasteiger charge is 2.10. The van der Waals surface area contributed by atoms with Gasteiger partial charge in [0.25, 0.3) is 0 Å². The Morgan fingerprint density at radius 3 is 2.72 bits per heavy atom. The number of halogens is 1. The van der Waals surface area contributed by atoms with E-state index in [9.17, 15) is 9.90 Å². The lowest BCUT2D eigenvalue weighted by molar-refractivity contribution is 0.0164. The van der Waals surface area contributed by atoms with E-state index in [-0.39, 0.29) is 23.8 Å². The molecule has 0 aliphatic rings. The normalized spacial score (nSPS) is 12.2. The van der Waals surface area contributed by atoms with Crippen LogP contribution in [-0.2, 0) is 4.74 Å². The van der Waals surface area contributed by atoms with E-state index in [1.807, 2.05) is 6.92 Å². The van der Waals surface area contributed by atoms with E-state index in [0.717, 1.165) is 0 Å². The molecule has 1 rings (SSSR count). The molecule has 2 N–H and O–H groups in total. The molecule has 0 aliphatic heterocycles. The minimum absolute atomic E-state index is 0.0339. The van der Waals surface area contributed by atoms with Crippen molar-refractivity contribution >= 4 is 17.6 Å². The van der Waals surface area contributed by atoms with Crippen LogP contribution in [0.4, 0.5) is 0 Å². The van der Waals surface area contributed by atoms with Crippen LogP contribution in [0.2, 0.25) is 5.02 Å². The lowest BCUT2D eigenvalue weighted by Crippen LogP contribution is -2.23. The van der Waals surface area contributed by atoms with Crippen molar-refractivity contribution in [1.29, 1.82) is 0 Å². The Morgan fingerprint density at radius 2 is 2.17 bits per heavy atom. The van der Waals surface area contributed by atoms with Crippen LogP contribution in [0.1, 0.15) is 17.3 Å². The highest BCUT2D eigenvalue weighted by molar-refractivity contribution is 6.32. The van der Waals surface area contributed by atoms with Crippen molar-refractivity contribution in [3.63, 3.8) is 0 Å². The average Bonchev–Trinajstić information content (AvgIpc) is 2.34. The fraction of sp³-hybridized carbons (Fsp3) is 0.417. The van der Waals surface area contributed by atoms with Crippen LogP contribution in [0.5, 0.6) is 5.75 Å². The van der Waals surface area contributed by atoms with Gasteiger partial charge in [-0.15, -0.1) is 0 Å². The minimum Gasteiger partial charge on any atom is -0.489 e. The molecule has 0 aliphatic carbocycles. The molecule has 0 heterocycles. The van der Waals surface area contributed by atoms with Crippen LogP contribution >= 0.6 is 11.6 Å². The number of aliphatic hydroxyl groups excluding tert-OH is 1. The van der Waals surface area contributed by atoms with Crippen molar-refractivity contribution in [1.82, 2.24) is 0 Å². The summed E-state index contributed by atoms with van der Waals surface area (Å²) in [4.78, 5) is 10.7. The predicted octanol–water partition coefficient (Wildman–Crippen LogP) is 1.81. The molecule has 1 atom stereocenters. The Hall–Kier alpha value is -1.30. The number of aliphatic hydroxyl groups is 1. The Balaban J connectivity index is 2.55. The zero-order chi connectivity index (χ0) is 13.5. The van der Waals surface area contributed by atoms with E-state index >= 15 is 0 Å². The van der Waals surface area contributed by atoms with Gasteiger partial charge in [-0.1, -0.05) is 11.6 Å². The Morgan fingerprint density at radius 1 is 1.44 bits per heavy atom. The van der Waals surface area contributed by atoms with Crippen molar-refractivity contribution in [2.75, 3.05) is 19.8 Å². The summed E-state index contributed by atoms with van der Waals surface area (Å²) >= 11 is 5.86. The van der Waals surface area contributed by atoms with Crippen LogP contribution in [0.15, 0.2) is 18.2 Å². The second-order valence-corrected chi connectivity index (χ2v) is 3.98. The first-order chi connectivity index (χ1) is 8.54. The summed E-state index contributed by atoms with van der Waals surface area (Å²) in [6.45, 7) is 2.56. The maximum Gasteiger partial charge on any atom is 0.335 e. The molecule has 18 heavy (non-hydrogen) atoms. The molecule has 0 saturated carbocycles. The molecule has 1 aromatic rings. The summed E-state index contributed by atoms with van der Waals surface area (Å²) in [5.41, 5.74) is 0.0854. The summed E-state index contributed by atoms with van der Waals surface area (Å²) < 4.78 is 10.3. The van der Waals surface area contributed by atoms with Gasteiger partial charge >= 0.3 is 5.97 Å². The molecule has 6 heteroatoms. The molecule has 1 unspecified atom stereocenters.